The van der Waals surface area contributed by atoms with Gasteiger partial charge >= 0.3 is 0 Å². The molecule has 0 aliphatic carbocycles. The van der Waals surface area contributed by atoms with E-state index in [2.05, 4.69) is 5.32 Å². The Morgan fingerprint density at radius 1 is 1.12 bits per heavy atom. The maximum atomic E-state index is 13.5. The van der Waals surface area contributed by atoms with Crippen LogP contribution in [0.3, 0.4) is 0 Å². The number of hydrogen-bond donors (Lipinski definition) is 1. The summed E-state index contributed by atoms with van der Waals surface area (Å²) in [5.41, 5.74) is 4.43. The van der Waals surface area contributed by atoms with E-state index in [-0.39, 0.29) is 17.9 Å². The van der Waals surface area contributed by atoms with E-state index < -0.39 is 0 Å². The van der Waals surface area contributed by atoms with Crippen LogP contribution in [-0.2, 0) is 16.1 Å². The largest absolute Gasteiger partial charge is 0.373 e. The fraction of sp³-hybridized carbons (Fsp3) is 0.320. The van der Waals surface area contributed by atoms with Crippen molar-refractivity contribution in [2.75, 3.05) is 26.2 Å². The summed E-state index contributed by atoms with van der Waals surface area (Å²) in [5.74, 6) is -0.183. The lowest BCUT2D eigenvalue weighted by Crippen LogP contribution is -2.49. The first kappa shape index (κ1) is 21.8. The van der Waals surface area contributed by atoms with E-state index in [1.165, 1.54) is 6.92 Å². The highest BCUT2D eigenvalue weighted by atomic mass is 16.5. The number of carbonyl (C=O) groups excluding carboxylic acids is 2. The molecule has 1 N–H and O–H groups in total. The van der Waals surface area contributed by atoms with Crippen molar-refractivity contribution in [1.29, 1.82) is 0 Å². The summed E-state index contributed by atoms with van der Waals surface area (Å²) in [5, 5.41) is 7.55. The summed E-state index contributed by atoms with van der Waals surface area (Å²) in [4.78, 5) is 26.6. The predicted octanol–water partition coefficient (Wildman–Crippen LogP) is 2.88. The number of rotatable bonds is 6. The Hall–Kier alpha value is -3.45. The third-order valence-corrected chi connectivity index (χ3v) is 5.51. The first-order chi connectivity index (χ1) is 15.5. The van der Waals surface area contributed by atoms with E-state index >= 15 is 0 Å². The van der Waals surface area contributed by atoms with Crippen LogP contribution in [-0.4, -0.2) is 58.8 Å². The molecule has 1 saturated heterocycles. The lowest BCUT2D eigenvalue weighted by Gasteiger charge is -2.33. The molecule has 0 bridgehead atoms. The van der Waals surface area contributed by atoms with E-state index in [1.54, 1.807) is 4.90 Å². The summed E-state index contributed by atoms with van der Waals surface area (Å²) >= 11 is 0. The zero-order valence-corrected chi connectivity index (χ0v) is 18.5. The number of nitrogens with zero attached hydrogens (tertiary/aromatic N) is 3. The Morgan fingerprint density at radius 3 is 2.59 bits per heavy atom. The number of ether oxygens (including phenoxy) is 1. The zero-order valence-electron chi connectivity index (χ0n) is 18.5. The molecule has 1 atom stereocenters. The van der Waals surface area contributed by atoms with Gasteiger partial charge in [0.2, 0.25) is 5.91 Å². The molecule has 1 unspecified atom stereocenters. The van der Waals surface area contributed by atoms with Gasteiger partial charge in [0.15, 0.2) is 0 Å². The molecule has 2 amide bonds. The smallest absolute Gasteiger partial charge is 0.257 e. The Morgan fingerprint density at radius 2 is 1.88 bits per heavy atom. The van der Waals surface area contributed by atoms with E-state index in [4.69, 9.17) is 9.84 Å². The predicted molar refractivity (Wildman–Crippen MR) is 122 cm³/mol. The monoisotopic (exact) mass is 432 g/mol. The molecule has 7 nitrogen and oxygen atoms in total. The molecule has 2 aromatic carbocycles. The van der Waals surface area contributed by atoms with Crippen molar-refractivity contribution < 1.29 is 14.3 Å². The van der Waals surface area contributed by atoms with Crippen LogP contribution in [0.5, 0.6) is 0 Å². The molecule has 0 spiro atoms. The van der Waals surface area contributed by atoms with Crippen LogP contribution in [0, 0.1) is 6.92 Å². The summed E-state index contributed by atoms with van der Waals surface area (Å²) in [6, 6.07) is 18.1. The summed E-state index contributed by atoms with van der Waals surface area (Å²) in [7, 11) is 0. The first-order valence-corrected chi connectivity index (χ1v) is 10.8. The van der Waals surface area contributed by atoms with E-state index in [9.17, 15) is 9.59 Å². The number of nitrogens with one attached hydrogen (secondary N) is 1. The van der Waals surface area contributed by atoms with Gasteiger partial charge in [-0.05, 0) is 12.5 Å². The molecular weight excluding hydrogens is 404 g/mol. The topological polar surface area (TPSA) is 76.5 Å². The minimum absolute atomic E-state index is 0.0731. The van der Waals surface area contributed by atoms with Crippen molar-refractivity contribution in [3.05, 3.63) is 77.5 Å². The molecule has 4 rings (SSSR count). The van der Waals surface area contributed by atoms with E-state index in [0.29, 0.717) is 44.0 Å². The molecule has 32 heavy (non-hydrogen) atoms. The van der Waals surface area contributed by atoms with Crippen molar-refractivity contribution in [3.8, 4) is 11.3 Å². The second-order valence-corrected chi connectivity index (χ2v) is 8.12. The lowest BCUT2D eigenvalue weighted by atomic mass is 10.1. The highest BCUT2D eigenvalue weighted by Gasteiger charge is 2.28. The van der Waals surface area contributed by atoms with Gasteiger partial charge in [-0.1, -0.05) is 60.2 Å². The van der Waals surface area contributed by atoms with Crippen molar-refractivity contribution >= 4 is 11.8 Å². The van der Waals surface area contributed by atoms with Crippen LogP contribution in [0.25, 0.3) is 11.3 Å². The quantitative estimate of drug-likeness (QED) is 0.650. The number of aromatic nitrogens is 2. The van der Waals surface area contributed by atoms with Gasteiger partial charge in [-0.2, -0.15) is 5.10 Å². The third kappa shape index (κ3) is 5.23. The van der Waals surface area contributed by atoms with Crippen LogP contribution in [0.2, 0.25) is 0 Å². The SMILES string of the molecule is CC(=O)NCC1CN(C(=O)c2cn(Cc3ccccc3)nc2-c2ccc(C)cc2)CCO1. The number of benzene rings is 2. The van der Waals surface area contributed by atoms with Gasteiger partial charge in [-0.15, -0.1) is 0 Å². The molecule has 2 heterocycles. The fourth-order valence-electron chi connectivity index (χ4n) is 3.81. The van der Waals surface area contributed by atoms with Crippen LogP contribution in [0.1, 0.15) is 28.4 Å². The van der Waals surface area contributed by atoms with E-state index in [0.717, 1.165) is 16.7 Å². The Bertz CT molecular complexity index is 1080. The highest BCUT2D eigenvalue weighted by Crippen LogP contribution is 2.25. The Labute approximate surface area is 188 Å². The zero-order chi connectivity index (χ0) is 22.5. The van der Waals surface area contributed by atoms with Crippen molar-refractivity contribution in [2.24, 2.45) is 0 Å². The lowest BCUT2D eigenvalue weighted by molar-refractivity contribution is -0.120. The minimum Gasteiger partial charge on any atom is -0.373 e. The van der Waals surface area contributed by atoms with Gasteiger partial charge in [-0.3, -0.25) is 14.3 Å². The molecule has 0 radical (unpaired) electrons. The van der Waals surface area contributed by atoms with Gasteiger partial charge in [0.1, 0.15) is 5.69 Å². The van der Waals surface area contributed by atoms with Gasteiger partial charge in [0.05, 0.1) is 24.8 Å². The molecular formula is C25H28N4O3. The second kappa shape index (κ2) is 9.78. The molecule has 1 aliphatic heterocycles. The molecule has 1 aliphatic rings. The van der Waals surface area contributed by atoms with Crippen LogP contribution < -0.4 is 5.32 Å². The first-order valence-electron chi connectivity index (χ1n) is 10.8. The van der Waals surface area contributed by atoms with Crippen LogP contribution in [0.15, 0.2) is 60.8 Å². The molecule has 166 valence electrons. The number of carbonyl (C=O) groups is 2. The normalized spacial score (nSPS) is 16.1. The van der Waals surface area contributed by atoms with Gasteiger partial charge < -0.3 is 15.0 Å². The van der Waals surface area contributed by atoms with Crippen LogP contribution >= 0.6 is 0 Å². The fourth-order valence-corrected chi connectivity index (χ4v) is 3.81. The Kier molecular flexibility index (Phi) is 6.66. The maximum Gasteiger partial charge on any atom is 0.257 e. The van der Waals surface area contributed by atoms with Gasteiger partial charge in [0, 0.05) is 38.3 Å². The number of aryl methyl sites for hydroxylation is 1. The number of morpholine rings is 1. The summed E-state index contributed by atoms with van der Waals surface area (Å²) in [6.45, 7) is 5.85. The molecule has 3 aromatic rings. The molecule has 1 aromatic heterocycles. The number of hydrogen-bond acceptors (Lipinski definition) is 4. The standard InChI is InChI=1S/C25H28N4O3/c1-18-8-10-21(11-9-18)24-23(17-29(27-24)15-20-6-4-3-5-7-20)25(31)28-12-13-32-22(16-28)14-26-19(2)30/h3-11,17,22H,12-16H2,1-2H3,(H,26,30). The number of amides is 2. The second-order valence-electron chi connectivity index (χ2n) is 8.12. The highest BCUT2D eigenvalue weighted by molar-refractivity contribution is 6.00. The average Bonchev–Trinajstić information content (AvgIpc) is 3.22. The van der Waals surface area contributed by atoms with Crippen LogP contribution in [0.4, 0.5) is 0 Å². The van der Waals surface area contributed by atoms with Crippen molar-refractivity contribution in [3.63, 3.8) is 0 Å². The van der Waals surface area contributed by atoms with Gasteiger partial charge in [-0.25, -0.2) is 0 Å². The average molecular weight is 433 g/mol. The Balaban J connectivity index is 1.61. The van der Waals surface area contributed by atoms with Crippen molar-refractivity contribution in [2.45, 2.75) is 26.5 Å². The van der Waals surface area contributed by atoms with Crippen molar-refractivity contribution in [1.82, 2.24) is 20.0 Å². The van der Waals surface area contributed by atoms with Gasteiger partial charge in [0.25, 0.3) is 5.91 Å². The molecule has 1 fully saturated rings. The molecule has 0 saturated carbocycles. The summed E-state index contributed by atoms with van der Waals surface area (Å²) in [6.07, 6.45) is 1.61. The minimum atomic E-state index is -0.223. The third-order valence-electron chi connectivity index (χ3n) is 5.51. The van der Waals surface area contributed by atoms with E-state index in [1.807, 2.05) is 72.4 Å². The molecule has 7 heteroatoms. The maximum absolute atomic E-state index is 13.5. The summed E-state index contributed by atoms with van der Waals surface area (Å²) < 4.78 is 7.55.